The van der Waals surface area contributed by atoms with Crippen molar-refractivity contribution in [1.82, 2.24) is 34.5 Å². The first-order chi connectivity index (χ1) is 13.0. The fraction of sp³-hybridized carbons (Fsp3) is 0.471. The number of aromatic nitrogens is 7. The van der Waals surface area contributed by atoms with Crippen LogP contribution in [0, 0.1) is 0 Å². The second-order valence-corrected chi connectivity index (χ2v) is 6.39. The van der Waals surface area contributed by atoms with Gasteiger partial charge in [-0.15, -0.1) is 0 Å². The van der Waals surface area contributed by atoms with Crippen molar-refractivity contribution in [3.63, 3.8) is 0 Å². The first-order valence-electron chi connectivity index (χ1n) is 9.16. The number of nitrogen functional groups attached to an aromatic ring is 2. The van der Waals surface area contributed by atoms with Gasteiger partial charge >= 0.3 is 6.01 Å². The fourth-order valence-corrected chi connectivity index (χ4v) is 2.71. The molecule has 3 heterocycles. The highest BCUT2D eigenvalue weighted by Crippen LogP contribution is 2.18. The summed E-state index contributed by atoms with van der Waals surface area (Å²) in [5, 5.41) is 18.8. The average molecular weight is 371 g/mol. The van der Waals surface area contributed by atoms with E-state index in [1.165, 1.54) is 9.36 Å². The molecule has 0 amide bonds. The van der Waals surface area contributed by atoms with Crippen molar-refractivity contribution >= 4 is 11.6 Å². The Labute approximate surface area is 157 Å². The number of aromatic hydroxyl groups is 1. The lowest BCUT2D eigenvalue weighted by molar-refractivity contribution is 0.423. The van der Waals surface area contributed by atoms with Gasteiger partial charge in [0.15, 0.2) is 0 Å². The van der Waals surface area contributed by atoms with Crippen LogP contribution >= 0.6 is 0 Å². The van der Waals surface area contributed by atoms with E-state index < -0.39 is 6.01 Å². The first-order valence-corrected chi connectivity index (χ1v) is 9.16. The molecule has 5 N–H and O–H groups in total. The van der Waals surface area contributed by atoms with Crippen LogP contribution in [0.3, 0.4) is 0 Å². The molecule has 3 aromatic heterocycles. The molecule has 0 aliphatic carbocycles. The molecule has 0 spiro atoms. The van der Waals surface area contributed by atoms with E-state index in [4.69, 9.17) is 11.5 Å². The molecule has 0 unspecified atom stereocenters. The maximum Gasteiger partial charge on any atom is 0.320 e. The number of hydrogen-bond acceptors (Lipinski definition) is 8. The zero-order chi connectivity index (χ0) is 19.4. The number of aryl methyl sites for hydroxylation is 2. The Morgan fingerprint density at radius 2 is 1.26 bits per heavy atom. The predicted octanol–water partition coefficient (Wildman–Crippen LogP) is 1.80. The van der Waals surface area contributed by atoms with Gasteiger partial charge in [-0.2, -0.15) is 34.5 Å². The van der Waals surface area contributed by atoms with E-state index in [0.717, 1.165) is 49.9 Å². The molecule has 0 fully saturated rings. The molecule has 10 nitrogen and oxygen atoms in total. The summed E-state index contributed by atoms with van der Waals surface area (Å²) in [6.45, 7) is 4.22. The van der Waals surface area contributed by atoms with E-state index in [9.17, 15) is 5.11 Å². The molecule has 0 saturated carbocycles. The number of hydrogen-bond donors (Lipinski definition) is 3. The van der Waals surface area contributed by atoms with Crippen LogP contribution in [0.4, 0.5) is 11.6 Å². The summed E-state index contributed by atoms with van der Waals surface area (Å²) in [7, 11) is 0. The van der Waals surface area contributed by atoms with Gasteiger partial charge in [0.25, 0.3) is 11.9 Å². The highest BCUT2D eigenvalue weighted by atomic mass is 16.3. The van der Waals surface area contributed by atoms with Crippen molar-refractivity contribution in [1.29, 1.82) is 0 Å². The smallest absolute Gasteiger partial charge is 0.320 e. The topological polar surface area (TPSA) is 147 Å². The summed E-state index contributed by atoms with van der Waals surface area (Å²) in [6.07, 6.45) is 5.75. The molecule has 10 heteroatoms. The van der Waals surface area contributed by atoms with Crippen LogP contribution in [0.2, 0.25) is 0 Å². The van der Waals surface area contributed by atoms with Gasteiger partial charge in [0.2, 0.25) is 0 Å². The van der Waals surface area contributed by atoms with Gasteiger partial charge in [0.05, 0.1) is 11.4 Å². The Balaban J connectivity index is 1.96. The van der Waals surface area contributed by atoms with Crippen LogP contribution in [0.1, 0.15) is 50.9 Å². The van der Waals surface area contributed by atoms with Crippen molar-refractivity contribution in [3.05, 3.63) is 23.5 Å². The summed E-state index contributed by atoms with van der Waals surface area (Å²) in [5.74, 6) is 0.995. The molecule has 0 atom stereocenters. The maximum atomic E-state index is 9.97. The molecule has 3 rings (SSSR count). The minimum Gasteiger partial charge on any atom is -0.479 e. The zero-order valence-corrected chi connectivity index (χ0v) is 15.6. The third kappa shape index (κ3) is 4.15. The van der Waals surface area contributed by atoms with Crippen molar-refractivity contribution in [2.24, 2.45) is 0 Å². The van der Waals surface area contributed by atoms with Gasteiger partial charge in [-0.25, -0.2) is 0 Å². The van der Waals surface area contributed by atoms with E-state index in [1.54, 1.807) is 12.1 Å². The molecule has 144 valence electrons. The van der Waals surface area contributed by atoms with Gasteiger partial charge in [-0.1, -0.05) is 26.7 Å². The Hall–Kier alpha value is -3.17. The SMILES string of the molecule is CCCCc1cc(N)n(-c2nc(O)nc(-n3nc(CCCC)cc3N)n2)n1. The first kappa shape index (κ1) is 18.6. The van der Waals surface area contributed by atoms with E-state index in [0.29, 0.717) is 11.6 Å². The Morgan fingerprint density at radius 3 is 1.67 bits per heavy atom. The third-order valence-corrected chi connectivity index (χ3v) is 4.13. The van der Waals surface area contributed by atoms with E-state index in [1.807, 2.05) is 0 Å². The van der Waals surface area contributed by atoms with Crippen LogP contribution in [0.15, 0.2) is 12.1 Å². The lowest BCUT2D eigenvalue weighted by atomic mass is 10.2. The largest absolute Gasteiger partial charge is 0.479 e. The van der Waals surface area contributed by atoms with Crippen LogP contribution < -0.4 is 11.5 Å². The lowest BCUT2D eigenvalue weighted by Gasteiger charge is -2.06. The molecule has 0 aromatic carbocycles. The van der Waals surface area contributed by atoms with Gasteiger partial charge in [-0.05, 0) is 25.7 Å². The van der Waals surface area contributed by atoms with Crippen LogP contribution in [-0.4, -0.2) is 39.6 Å². The highest BCUT2D eigenvalue weighted by Gasteiger charge is 2.16. The summed E-state index contributed by atoms with van der Waals surface area (Å²) in [5.41, 5.74) is 13.8. The number of anilines is 2. The molecule has 27 heavy (non-hydrogen) atoms. The van der Waals surface area contributed by atoms with Gasteiger partial charge in [0, 0.05) is 12.1 Å². The Morgan fingerprint density at radius 1 is 0.815 bits per heavy atom. The predicted molar refractivity (Wildman–Crippen MR) is 102 cm³/mol. The quantitative estimate of drug-likeness (QED) is 0.543. The van der Waals surface area contributed by atoms with Crippen molar-refractivity contribution in [2.45, 2.75) is 52.4 Å². The summed E-state index contributed by atoms with van der Waals surface area (Å²) in [4.78, 5) is 12.2. The monoisotopic (exact) mass is 371 g/mol. The third-order valence-electron chi connectivity index (χ3n) is 4.13. The minimum absolute atomic E-state index is 0.114. The Kier molecular flexibility index (Phi) is 5.53. The average Bonchev–Trinajstić information content (AvgIpc) is 3.20. The summed E-state index contributed by atoms with van der Waals surface area (Å²) < 4.78 is 2.77. The van der Waals surface area contributed by atoms with Crippen LogP contribution in [0.5, 0.6) is 6.01 Å². The fourth-order valence-electron chi connectivity index (χ4n) is 2.71. The second kappa shape index (κ2) is 8.02. The molecule has 0 radical (unpaired) electrons. The molecule has 0 saturated heterocycles. The van der Waals surface area contributed by atoms with Crippen molar-refractivity contribution < 1.29 is 5.11 Å². The van der Waals surface area contributed by atoms with E-state index in [-0.39, 0.29) is 11.9 Å². The van der Waals surface area contributed by atoms with E-state index in [2.05, 4.69) is 39.0 Å². The highest BCUT2D eigenvalue weighted by molar-refractivity contribution is 5.40. The summed E-state index contributed by atoms with van der Waals surface area (Å²) >= 11 is 0. The van der Waals surface area contributed by atoms with Gasteiger partial charge in [0.1, 0.15) is 11.6 Å². The zero-order valence-electron chi connectivity index (χ0n) is 15.6. The van der Waals surface area contributed by atoms with E-state index >= 15 is 0 Å². The van der Waals surface area contributed by atoms with Crippen molar-refractivity contribution in [3.8, 4) is 17.9 Å². The molecule has 0 aliphatic rings. The van der Waals surface area contributed by atoms with Gasteiger partial charge < -0.3 is 16.6 Å². The minimum atomic E-state index is -0.454. The number of nitrogens with two attached hydrogens (primary N) is 2. The van der Waals surface area contributed by atoms with Crippen LogP contribution in [-0.2, 0) is 12.8 Å². The molecular weight excluding hydrogens is 346 g/mol. The number of unbranched alkanes of at least 4 members (excludes halogenated alkanes) is 2. The standard InChI is InChI=1S/C17H25N9O/c1-3-5-7-11-9-13(18)25(23-11)15-20-16(22-17(27)21-15)26-14(19)10-12(24-26)8-6-4-2/h9-10H,3-8,18-19H2,1-2H3,(H,20,21,22,27). The summed E-state index contributed by atoms with van der Waals surface area (Å²) in [6, 6.07) is 3.10. The van der Waals surface area contributed by atoms with Crippen LogP contribution in [0.25, 0.3) is 11.9 Å². The van der Waals surface area contributed by atoms with Gasteiger partial charge in [-0.3, -0.25) is 0 Å². The Bertz CT molecular complexity index is 845. The van der Waals surface area contributed by atoms with Crippen molar-refractivity contribution in [2.75, 3.05) is 11.5 Å². The second-order valence-electron chi connectivity index (χ2n) is 6.39. The normalized spacial score (nSPS) is 11.2. The molecule has 0 bridgehead atoms. The molecular formula is C17H25N9O. The number of rotatable bonds is 8. The number of nitrogens with zero attached hydrogens (tertiary/aromatic N) is 7. The molecule has 0 aliphatic heterocycles. The maximum absolute atomic E-state index is 9.97. The lowest BCUT2D eigenvalue weighted by Crippen LogP contribution is -2.13. The molecule has 3 aromatic rings.